The van der Waals surface area contributed by atoms with E-state index >= 15 is 0 Å². The van der Waals surface area contributed by atoms with Crippen LogP contribution in [0.15, 0.2) is 55.0 Å². The number of nitrogens with zero attached hydrogens (tertiary/aromatic N) is 3. The lowest BCUT2D eigenvalue weighted by Crippen LogP contribution is -2.22. The quantitative estimate of drug-likeness (QED) is 0.443. The average molecular weight is 322 g/mol. The maximum Gasteiger partial charge on any atom is 0.274 e. The Morgan fingerprint density at radius 1 is 1.41 bits per heavy atom. The van der Waals surface area contributed by atoms with Crippen LogP contribution >= 0.6 is 11.6 Å². The van der Waals surface area contributed by atoms with Gasteiger partial charge in [0.2, 0.25) is 0 Å². The number of rotatable bonds is 8. The predicted octanol–water partition coefficient (Wildman–Crippen LogP) is 2.70. The molecule has 7 nitrogen and oxygen atoms in total. The summed E-state index contributed by atoms with van der Waals surface area (Å²) in [5.74, 6) is 0.331. The second-order valence-electron chi connectivity index (χ2n) is 4.54. The third-order valence-electron chi connectivity index (χ3n) is 2.83. The van der Waals surface area contributed by atoms with Gasteiger partial charge in [0.15, 0.2) is 5.82 Å². The molecule has 1 heterocycles. The van der Waals surface area contributed by atoms with Crippen LogP contribution in [-0.2, 0) is 6.54 Å². The summed E-state index contributed by atoms with van der Waals surface area (Å²) in [6.45, 7) is 1.39. The van der Waals surface area contributed by atoms with Crippen LogP contribution in [-0.4, -0.2) is 21.0 Å². The van der Waals surface area contributed by atoms with Gasteiger partial charge in [0.05, 0.1) is 11.3 Å². The first kappa shape index (κ1) is 15.8. The first-order valence-corrected chi connectivity index (χ1v) is 7.09. The number of hydrogen-bond donors (Lipinski definition) is 2. The molecule has 0 unspecified atom stereocenters. The van der Waals surface area contributed by atoms with E-state index in [0.717, 1.165) is 24.9 Å². The zero-order valence-corrected chi connectivity index (χ0v) is 12.5. The highest BCUT2D eigenvalue weighted by atomic mass is 35.5. The van der Waals surface area contributed by atoms with Crippen LogP contribution in [0.5, 0.6) is 0 Å². The number of imidazole rings is 1. The summed E-state index contributed by atoms with van der Waals surface area (Å²) in [6, 6.07) is 6.94. The topological polar surface area (TPSA) is 85.0 Å². The molecule has 116 valence electrons. The molecule has 2 N–H and O–H groups in total. The fourth-order valence-electron chi connectivity index (χ4n) is 1.82. The van der Waals surface area contributed by atoms with E-state index < -0.39 is 4.92 Å². The van der Waals surface area contributed by atoms with Crippen LogP contribution < -0.4 is 10.6 Å². The third-order valence-corrected chi connectivity index (χ3v) is 3.08. The van der Waals surface area contributed by atoms with Crippen molar-refractivity contribution >= 4 is 17.3 Å². The summed E-state index contributed by atoms with van der Waals surface area (Å²) in [6.07, 6.45) is 7.05. The monoisotopic (exact) mass is 321 g/mol. The molecular formula is C14H16ClN5O2. The van der Waals surface area contributed by atoms with Crippen molar-refractivity contribution in [2.24, 2.45) is 0 Å². The van der Waals surface area contributed by atoms with Crippen LogP contribution in [0.25, 0.3) is 0 Å². The molecule has 0 radical (unpaired) electrons. The van der Waals surface area contributed by atoms with E-state index in [1.165, 1.54) is 0 Å². The van der Waals surface area contributed by atoms with Crippen molar-refractivity contribution in [3.8, 4) is 0 Å². The van der Waals surface area contributed by atoms with Gasteiger partial charge in [0, 0.05) is 36.2 Å². The number of aromatic nitrogens is 2. The van der Waals surface area contributed by atoms with Gasteiger partial charge in [-0.2, -0.15) is 0 Å². The first-order chi connectivity index (χ1) is 10.6. The maximum atomic E-state index is 10.7. The van der Waals surface area contributed by atoms with Crippen molar-refractivity contribution in [3.63, 3.8) is 0 Å². The van der Waals surface area contributed by atoms with E-state index in [1.54, 1.807) is 36.8 Å². The lowest BCUT2D eigenvalue weighted by Gasteiger charge is -2.11. The smallest absolute Gasteiger partial charge is 0.274 e. The Balaban J connectivity index is 1.86. The number of aryl methyl sites for hydroxylation is 1. The number of nitrogens with one attached hydrogen (secondary N) is 2. The van der Waals surface area contributed by atoms with E-state index in [2.05, 4.69) is 15.6 Å². The summed E-state index contributed by atoms with van der Waals surface area (Å²) in [5.41, 5.74) is 0.722. The minimum atomic E-state index is -0.499. The van der Waals surface area contributed by atoms with Crippen molar-refractivity contribution in [2.45, 2.75) is 13.0 Å². The Morgan fingerprint density at radius 3 is 2.82 bits per heavy atom. The molecule has 1 aromatic carbocycles. The van der Waals surface area contributed by atoms with Gasteiger partial charge in [-0.05, 0) is 30.7 Å². The van der Waals surface area contributed by atoms with Gasteiger partial charge in [-0.25, -0.2) is 4.98 Å². The highest BCUT2D eigenvalue weighted by molar-refractivity contribution is 6.30. The molecule has 1 aromatic heterocycles. The average Bonchev–Trinajstić information content (AvgIpc) is 2.98. The van der Waals surface area contributed by atoms with Crippen LogP contribution in [0.3, 0.4) is 0 Å². The van der Waals surface area contributed by atoms with Gasteiger partial charge in [-0.15, -0.1) is 0 Å². The Morgan fingerprint density at radius 2 is 2.18 bits per heavy atom. The van der Waals surface area contributed by atoms with Crippen molar-refractivity contribution in [3.05, 3.63) is 70.1 Å². The van der Waals surface area contributed by atoms with E-state index in [9.17, 15) is 10.1 Å². The molecule has 0 saturated carbocycles. The SMILES string of the molecule is O=[N+]([O-])/C=C(/NCCCn1ccnc1)Nc1ccc(Cl)cc1. The standard InChI is InChI=1S/C14H16ClN5O2/c15-12-2-4-13(5-3-12)18-14(10-20(21)22)17-6-1-8-19-9-7-16-11-19/h2-5,7,9-11,17-18H,1,6,8H2/b14-10-. The fraction of sp³-hybridized carbons (Fsp3) is 0.214. The zero-order chi connectivity index (χ0) is 15.8. The molecule has 0 spiro atoms. The number of halogens is 1. The number of benzene rings is 1. The molecular weight excluding hydrogens is 306 g/mol. The first-order valence-electron chi connectivity index (χ1n) is 6.71. The van der Waals surface area contributed by atoms with Gasteiger partial charge in [-0.1, -0.05) is 11.6 Å². The fourth-order valence-corrected chi connectivity index (χ4v) is 1.95. The molecule has 0 bridgehead atoms. The number of nitro groups is 1. The second kappa shape index (κ2) is 8.04. The summed E-state index contributed by atoms with van der Waals surface area (Å²) in [7, 11) is 0. The minimum Gasteiger partial charge on any atom is -0.366 e. The van der Waals surface area contributed by atoms with Crippen molar-refractivity contribution < 1.29 is 4.92 Å². The van der Waals surface area contributed by atoms with Crippen LogP contribution in [0.1, 0.15) is 6.42 Å². The molecule has 0 aliphatic carbocycles. The van der Waals surface area contributed by atoms with Crippen LogP contribution in [0.4, 0.5) is 5.69 Å². The maximum absolute atomic E-state index is 10.7. The highest BCUT2D eigenvalue weighted by Crippen LogP contribution is 2.14. The zero-order valence-electron chi connectivity index (χ0n) is 11.8. The van der Waals surface area contributed by atoms with Gasteiger partial charge < -0.3 is 15.2 Å². The van der Waals surface area contributed by atoms with E-state index in [1.807, 2.05) is 10.8 Å². The predicted molar refractivity (Wildman–Crippen MR) is 85.0 cm³/mol. The molecule has 0 atom stereocenters. The van der Waals surface area contributed by atoms with Gasteiger partial charge in [0.1, 0.15) is 0 Å². The van der Waals surface area contributed by atoms with Crippen molar-refractivity contribution in [1.82, 2.24) is 14.9 Å². The summed E-state index contributed by atoms with van der Waals surface area (Å²) < 4.78 is 1.95. The van der Waals surface area contributed by atoms with Crippen molar-refractivity contribution in [1.29, 1.82) is 0 Å². The van der Waals surface area contributed by atoms with Crippen molar-refractivity contribution in [2.75, 3.05) is 11.9 Å². The van der Waals surface area contributed by atoms with Gasteiger partial charge >= 0.3 is 0 Å². The summed E-state index contributed by atoms with van der Waals surface area (Å²) >= 11 is 5.81. The molecule has 2 rings (SSSR count). The molecule has 0 amide bonds. The van der Waals surface area contributed by atoms with Gasteiger partial charge in [-0.3, -0.25) is 10.1 Å². The van der Waals surface area contributed by atoms with Crippen LogP contribution in [0, 0.1) is 10.1 Å². The van der Waals surface area contributed by atoms with Crippen LogP contribution in [0.2, 0.25) is 5.02 Å². The molecule has 0 aliphatic rings. The summed E-state index contributed by atoms with van der Waals surface area (Å²) in [5, 5.41) is 17.3. The highest BCUT2D eigenvalue weighted by Gasteiger charge is 2.03. The Labute approximate surface area is 132 Å². The lowest BCUT2D eigenvalue weighted by atomic mass is 10.3. The van der Waals surface area contributed by atoms with E-state index in [-0.39, 0.29) is 0 Å². The minimum absolute atomic E-state index is 0.331. The third kappa shape index (κ3) is 5.45. The Hall–Kier alpha value is -2.54. The molecule has 0 fully saturated rings. The molecule has 2 aromatic rings. The molecule has 22 heavy (non-hydrogen) atoms. The molecule has 8 heteroatoms. The number of anilines is 1. The van der Waals surface area contributed by atoms with Gasteiger partial charge in [0.25, 0.3) is 6.20 Å². The largest absolute Gasteiger partial charge is 0.366 e. The normalized spacial score (nSPS) is 11.2. The summed E-state index contributed by atoms with van der Waals surface area (Å²) in [4.78, 5) is 14.1. The Bertz CT molecular complexity index is 625. The second-order valence-corrected chi connectivity index (χ2v) is 4.98. The van der Waals surface area contributed by atoms with E-state index in [4.69, 9.17) is 11.6 Å². The van der Waals surface area contributed by atoms with E-state index in [0.29, 0.717) is 17.4 Å². The lowest BCUT2D eigenvalue weighted by molar-refractivity contribution is -0.403. The molecule has 0 saturated heterocycles. The molecule has 0 aliphatic heterocycles. The number of hydrogen-bond acceptors (Lipinski definition) is 5. The Kier molecular flexibility index (Phi) is 5.79.